The van der Waals surface area contributed by atoms with Crippen LogP contribution >= 0.6 is 0 Å². The highest BCUT2D eigenvalue weighted by Gasteiger charge is 2.20. The second-order valence-corrected chi connectivity index (χ2v) is 11.5. The van der Waals surface area contributed by atoms with Gasteiger partial charge in [-0.25, -0.2) is 12.7 Å². The Morgan fingerprint density at radius 3 is 1.27 bits per heavy atom. The Balaban J connectivity index is 4.10. The number of hydrogen-bond acceptors (Lipinski definition) is 4. The third kappa shape index (κ3) is 21.2. The molecule has 0 amide bonds. The van der Waals surface area contributed by atoms with Gasteiger partial charge in [0.05, 0.1) is 17.9 Å². The molecule has 5 nitrogen and oxygen atoms in total. The van der Waals surface area contributed by atoms with Gasteiger partial charge in [0.15, 0.2) is 0 Å². The number of hydrogen-bond donors (Lipinski definition) is 0. The van der Waals surface area contributed by atoms with Crippen LogP contribution in [0.3, 0.4) is 0 Å². The molecule has 6 heteroatoms. The van der Waals surface area contributed by atoms with Crippen molar-refractivity contribution in [2.45, 2.75) is 142 Å². The largest absolute Gasteiger partial charge is 0.214 e. The SMILES string of the molecule is CCCCCS(=O)(=O)N(CCCCCCCCCCC#N)CCCCCCCCCCC#N. The fourth-order valence-electron chi connectivity index (χ4n) is 4.16. The van der Waals surface area contributed by atoms with Gasteiger partial charge in [-0.05, 0) is 32.1 Å². The van der Waals surface area contributed by atoms with E-state index in [1.165, 1.54) is 51.4 Å². The standard InChI is InChI=1S/C27H51N3O2S/c1-2-3-22-27-33(31,32)30(25-20-16-12-8-4-6-10-14-18-23-28)26-21-17-13-9-5-7-11-15-19-24-29/h2-22,25-27H2,1H3. The van der Waals surface area contributed by atoms with Crippen molar-refractivity contribution in [3.63, 3.8) is 0 Å². The van der Waals surface area contributed by atoms with Gasteiger partial charge in [-0.3, -0.25) is 0 Å². The Morgan fingerprint density at radius 2 is 0.909 bits per heavy atom. The van der Waals surface area contributed by atoms with Crippen LogP contribution in [-0.4, -0.2) is 31.6 Å². The molecular weight excluding hydrogens is 430 g/mol. The zero-order valence-electron chi connectivity index (χ0n) is 21.5. The van der Waals surface area contributed by atoms with Crippen LogP contribution in [0.1, 0.15) is 142 Å². The summed E-state index contributed by atoms with van der Waals surface area (Å²) in [5, 5.41) is 17.1. The summed E-state index contributed by atoms with van der Waals surface area (Å²) < 4.78 is 27.5. The molecule has 0 fully saturated rings. The average molecular weight is 482 g/mol. The molecule has 192 valence electrons. The zero-order chi connectivity index (χ0) is 24.5. The molecule has 0 aliphatic heterocycles. The summed E-state index contributed by atoms with van der Waals surface area (Å²) in [6, 6.07) is 4.40. The molecule has 0 rings (SSSR count). The predicted molar refractivity (Wildman–Crippen MR) is 139 cm³/mol. The second kappa shape index (κ2) is 24.0. The molecule has 0 saturated heterocycles. The third-order valence-electron chi connectivity index (χ3n) is 6.29. The lowest BCUT2D eigenvalue weighted by molar-refractivity contribution is 0.382. The van der Waals surface area contributed by atoms with Gasteiger partial charge in [0, 0.05) is 25.9 Å². The van der Waals surface area contributed by atoms with Gasteiger partial charge >= 0.3 is 0 Å². The van der Waals surface area contributed by atoms with Crippen molar-refractivity contribution in [1.82, 2.24) is 4.31 Å². The Bertz CT molecular complexity index is 574. The van der Waals surface area contributed by atoms with E-state index in [2.05, 4.69) is 19.1 Å². The van der Waals surface area contributed by atoms with Crippen molar-refractivity contribution in [2.75, 3.05) is 18.8 Å². The van der Waals surface area contributed by atoms with Crippen molar-refractivity contribution in [3.05, 3.63) is 0 Å². The van der Waals surface area contributed by atoms with E-state index in [0.29, 0.717) is 31.7 Å². The maximum absolute atomic E-state index is 12.9. The van der Waals surface area contributed by atoms with E-state index in [1.54, 1.807) is 4.31 Å². The zero-order valence-corrected chi connectivity index (χ0v) is 22.4. The maximum Gasteiger partial charge on any atom is 0.214 e. The average Bonchev–Trinajstić information content (AvgIpc) is 2.80. The van der Waals surface area contributed by atoms with Crippen molar-refractivity contribution >= 4 is 10.0 Å². The van der Waals surface area contributed by atoms with Crippen LogP contribution < -0.4 is 0 Å². The molecule has 0 radical (unpaired) electrons. The first-order valence-electron chi connectivity index (χ1n) is 13.8. The molecule has 0 aliphatic rings. The van der Waals surface area contributed by atoms with Gasteiger partial charge in [-0.15, -0.1) is 0 Å². The molecular formula is C27H51N3O2S. The van der Waals surface area contributed by atoms with Gasteiger partial charge in [-0.1, -0.05) is 96.8 Å². The minimum absolute atomic E-state index is 0.298. The summed E-state index contributed by atoms with van der Waals surface area (Å²) in [5.74, 6) is 0.298. The van der Waals surface area contributed by atoms with E-state index in [9.17, 15) is 8.42 Å². The van der Waals surface area contributed by atoms with Crippen LogP contribution in [0.5, 0.6) is 0 Å². The Kier molecular flexibility index (Phi) is 23.2. The van der Waals surface area contributed by atoms with Crippen molar-refractivity contribution < 1.29 is 8.42 Å². The number of rotatable bonds is 25. The highest BCUT2D eigenvalue weighted by molar-refractivity contribution is 7.89. The molecule has 0 heterocycles. The molecule has 0 aromatic rings. The number of nitrogens with zero attached hydrogens (tertiary/aromatic N) is 3. The molecule has 0 aromatic heterocycles. The van der Waals surface area contributed by atoms with E-state index in [0.717, 1.165) is 70.6 Å². The van der Waals surface area contributed by atoms with Gasteiger partial charge in [0.25, 0.3) is 0 Å². The van der Waals surface area contributed by atoms with Crippen LogP contribution in [0.15, 0.2) is 0 Å². The summed E-state index contributed by atoms with van der Waals surface area (Å²) >= 11 is 0. The topological polar surface area (TPSA) is 85.0 Å². The van der Waals surface area contributed by atoms with Crippen molar-refractivity contribution in [1.29, 1.82) is 10.5 Å². The Hall–Kier alpha value is -1.11. The lowest BCUT2D eigenvalue weighted by Crippen LogP contribution is -2.35. The van der Waals surface area contributed by atoms with Gasteiger partial charge in [0.1, 0.15) is 0 Å². The van der Waals surface area contributed by atoms with Crippen LogP contribution in [0.4, 0.5) is 0 Å². The van der Waals surface area contributed by atoms with E-state index in [-0.39, 0.29) is 0 Å². The first kappa shape index (κ1) is 31.9. The molecule has 0 bridgehead atoms. The minimum atomic E-state index is -3.13. The number of sulfonamides is 1. The van der Waals surface area contributed by atoms with E-state index >= 15 is 0 Å². The summed E-state index contributed by atoms with van der Waals surface area (Å²) in [6.07, 6.45) is 22.3. The number of unbranched alkanes of at least 4 members (excludes halogenated alkanes) is 18. The molecule has 0 aliphatic carbocycles. The Labute approximate surface area is 206 Å². The van der Waals surface area contributed by atoms with Gasteiger partial charge in [-0.2, -0.15) is 10.5 Å². The number of nitriles is 2. The first-order chi connectivity index (χ1) is 16.1. The molecule has 33 heavy (non-hydrogen) atoms. The summed E-state index contributed by atoms with van der Waals surface area (Å²) in [6.45, 7) is 3.46. The first-order valence-corrected chi connectivity index (χ1v) is 15.4. The molecule has 0 saturated carbocycles. The maximum atomic E-state index is 12.9. The van der Waals surface area contributed by atoms with Gasteiger partial charge in [0.2, 0.25) is 10.0 Å². The van der Waals surface area contributed by atoms with Crippen molar-refractivity contribution in [2.24, 2.45) is 0 Å². The van der Waals surface area contributed by atoms with E-state index in [1.807, 2.05) is 0 Å². The molecule has 0 aromatic carbocycles. The molecule has 0 atom stereocenters. The van der Waals surface area contributed by atoms with Crippen LogP contribution in [0, 0.1) is 22.7 Å². The Morgan fingerprint density at radius 1 is 0.545 bits per heavy atom. The second-order valence-electron chi connectivity index (χ2n) is 9.40. The summed E-state index contributed by atoms with van der Waals surface area (Å²) in [5.41, 5.74) is 0. The smallest absolute Gasteiger partial charge is 0.212 e. The van der Waals surface area contributed by atoms with E-state index < -0.39 is 10.0 Å². The minimum Gasteiger partial charge on any atom is -0.212 e. The molecule has 0 unspecified atom stereocenters. The fourth-order valence-corrected chi connectivity index (χ4v) is 5.80. The highest BCUT2D eigenvalue weighted by Crippen LogP contribution is 2.15. The molecule has 0 spiro atoms. The lowest BCUT2D eigenvalue weighted by Gasteiger charge is -2.22. The summed E-state index contributed by atoms with van der Waals surface area (Å²) in [7, 11) is -3.13. The van der Waals surface area contributed by atoms with Gasteiger partial charge < -0.3 is 0 Å². The molecule has 0 N–H and O–H groups in total. The quantitative estimate of drug-likeness (QED) is 0.124. The highest BCUT2D eigenvalue weighted by atomic mass is 32.2. The van der Waals surface area contributed by atoms with Crippen molar-refractivity contribution in [3.8, 4) is 12.1 Å². The van der Waals surface area contributed by atoms with E-state index in [4.69, 9.17) is 10.5 Å². The normalized spacial score (nSPS) is 11.5. The predicted octanol–water partition coefficient (Wildman–Crippen LogP) is 7.88. The monoisotopic (exact) mass is 481 g/mol. The lowest BCUT2D eigenvalue weighted by atomic mass is 10.1. The van der Waals surface area contributed by atoms with Crippen LogP contribution in [-0.2, 0) is 10.0 Å². The summed E-state index contributed by atoms with van der Waals surface area (Å²) in [4.78, 5) is 0. The van der Waals surface area contributed by atoms with Crippen LogP contribution in [0.2, 0.25) is 0 Å². The third-order valence-corrected chi connectivity index (χ3v) is 8.25. The van der Waals surface area contributed by atoms with Crippen LogP contribution in [0.25, 0.3) is 0 Å². The fraction of sp³-hybridized carbons (Fsp3) is 0.926.